The van der Waals surface area contributed by atoms with Crippen molar-refractivity contribution < 1.29 is 23.9 Å². The second kappa shape index (κ2) is 7.70. The maximum Gasteiger partial charge on any atom is 0.319 e. The zero-order valence-corrected chi connectivity index (χ0v) is 15.5. The minimum Gasteiger partial charge on any atom is -0.486 e. The Morgan fingerprint density at radius 1 is 1.03 bits per heavy atom. The molecule has 150 valence electrons. The highest BCUT2D eigenvalue weighted by atomic mass is 16.6. The van der Waals surface area contributed by atoms with Gasteiger partial charge in [-0.05, 0) is 36.4 Å². The van der Waals surface area contributed by atoms with E-state index in [2.05, 4.69) is 10.6 Å². The number of hydrogen-bond donors (Lipinski definition) is 3. The van der Waals surface area contributed by atoms with Crippen molar-refractivity contribution in [1.82, 2.24) is 5.32 Å². The molecule has 2 aliphatic rings. The van der Waals surface area contributed by atoms with Crippen LogP contribution in [0.4, 0.5) is 16.2 Å². The summed E-state index contributed by atoms with van der Waals surface area (Å²) in [6.07, 6.45) is 0.197. The van der Waals surface area contributed by atoms with E-state index in [0.29, 0.717) is 48.2 Å². The number of primary amides is 1. The molecule has 2 aromatic rings. The number of ether oxygens (including phenoxy) is 2. The molecule has 0 aliphatic carbocycles. The van der Waals surface area contributed by atoms with Crippen LogP contribution in [0.5, 0.6) is 11.5 Å². The van der Waals surface area contributed by atoms with Crippen LogP contribution in [-0.2, 0) is 4.79 Å². The van der Waals surface area contributed by atoms with Gasteiger partial charge in [0.05, 0.1) is 6.04 Å². The van der Waals surface area contributed by atoms with Gasteiger partial charge in [-0.1, -0.05) is 0 Å². The summed E-state index contributed by atoms with van der Waals surface area (Å²) in [5.74, 6) is 0.639. The third-order valence-corrected chi connectivity index (χ3v) is 4.72. The molecular weight excluding hydrogens is 376 g/mol. The van der Waals surface area contributed by atoms with Gasteiger partial charge in [-0.2, -0.15) is 0 Å². The van der Waals surface area contributed by atoms with Crippen LogP contribution in [0.1, 0.15) is 16.8 Å². The number of anilines is 2. The number of rotatable bonds is 4. The molecule has 1 fully saturated rings. The summed E-state index contributed by atoms with van der Waals surface area (Å²) in [5.41, 5.74) is 6.76. The Kier molecular flexibility index (Phi) is 4.94. The van der Waals surface area contributed by atoms with Crippen LogP contribution >= 0.6 is 0 Å². The van der Waals surface area contributed by atoms with Gasteiger partial charge in [-0.3, -0.25) is 9.59 Å². The Hall–Kier alpha value is -3.75. The summed E-state index contributed by atoms with van der Waals surface area (Å²) in [6.45, 7) is 1.32. The first kappa shape index (κ1) is 18.6. The summed E-state index contributed by atoms with van der Waals surface area (Å²) in [5, 5.41) is 5.47. The standard InChI is InChI=1S/C20H20N4O5/c21-19(26)12-1-3-13(4-2-12)22-20(27)23-14-9-18(25)24(11-14)15-5-6-16-17(10-15)29-8-7-28-16/h1-6,10,14H,7-9,11H2,(H2,21,26)(H2,22,23,27)/t14-/m0/s1. The molecule has 0 radical (unpaired) electrons. The van der Waals surface area contributed by atoms with Gasteiger partial charge >= 0.3 is 6.03 Å². The van der Waals surface area contributed by atoms with Gasteiger partial charge < -0.3 is 30.7 Å². The Bertz CT molecular complexity index is 960. The van der Waals surface area contributed by atoms with Crippen LogP contribution in [0, 0.1) is 0 Å². The molecule has 1 atom stereocenters. The average molecular weight is 396 g/mol. The highest BCUT2D eigenvalue weighted by molar-refractivity contribution is 5.98. The Labute approximate surface area is 166 Å². The molecule has 0 spiro atoms. The number of hydrogen-bond acceptors (Lipinski definition) is 5. The molecule has 29 heavy (non-hydrogen) atoms. The Morgan fingerprint density at radius 2 is 1.76 bits per heavy atom. The molecule has 2 heterocycles. The lowest BCUT2D eigenvalue weighted by atomic mass is 10.2. The number of nitrogens with one attached hydrogen (secondary N) is 2. The van der Waals surface area contributed by atoms with Gasteiger partial charge in [-0.15, -0.1) is 0 Å². The lowest BCUT2D eigenvalue weighted by Crippen LogP contribution is -2.39. The van der Waals surface area contributed by atoms with E-state index in [0.717, 1.165) is 0 Å². The number of carbonyl (C=O) groups excluding carboxylic acids is 3. The van der Waals surface area contributed by atoms with E-state index in [1.54, 1.807) is 35.2 Å². The lowest BCUT2D eigenvalue weighted by molar-refractivity contribution is -0.117. The van der Waals surface area contributed by atoms with Crippen molar-refractivity contribution in [3.63, 3.8) is 0 Å². The topological polar surface area (TPSA) is 123 Å². The van der Waals surface area contributed by atoms with E-state index < -0.39 is 11.9 Å². The molecule has 9 heteroatoms. The molecule has 0 unspecified atom stereocenters. The molecule has 0 saturated carbocycles. The predicted molar refractivity (Wildman–Crippen MR) is 105 cm³/mol. The third-order valence-electron chi connectivity index (χ3n) is 4.72. The van der Waals surface area contributed by atoms with Gasteiger partial charge in [-0.25, -0.2) is 4.79 Å². The van der Waals surface area contributed by atoms with Crippen molar-refractivity contribution in [2.75, 3.05) is 30.0 Å². The lowest BCUT2D eigenvalue weighted by Gasteiger charge is -2.22. The van der Waals surface area contributed by atoms with Crippen molar-refractivity contribution in [3.05, 3.63) is 48.0 Å². The number of carbonyl (C=O) groups is 3. The molecular formula is C20H20N4O5. The van der Waals surface area contributed by atoms with E-state index >= 15 is 0 Å². The SMILES string of the molecule is NC(=O)c1ccc(NC(=O)N[C@H]2CC(=O)N(c3ccc4c(c3)OCCO4)C2)cc1. The van der Waals surface area contributed by atoms with Gasteiger partial charge in [0.1, 0.15) is 13.2 Å². The monoisotopic (exact) mass is 396 g/mol. The van der Waals surface area contributed by atoms with Crippen molar-refractivity contribution >= 4 is 29.2 Å². The fraction of sp³-hybridized carbons (Fsp3) is 0.250. The van der Waals surface area contributed by atoms with Crippen LogP contribution in [0.15, 0.2) is 42.5 Å². The molecule has 2 aliphatic heterocycles. The van der Waals surface area contributed by atoms with E-state index in [9.17, 15) is 14.4 Å². The first-order valence-corrected chi connectivity index (χ1v) is 9.17. The van der Waals surface area contributed by atoms with Crippen molar-refractivity contribution in [2.45, 2.75) is 12.5 Å². The molecule has 9 nitrogen and oxygen atoms in total. The Morgan fingerprint density at radius 3 is 2.48 bits per heavy atom. The van der Waals surface area contributed by atoms with Gasteiger partial charge in [0.25, 0.3) is 0 Å². The quantitative estimate of drug-likeness (QED) is 0.722. The van der Waals surface area contributed by atoms with E-state index in [-0.39, 0.29) is 18.4 Å². The van der Waals surface area contributed by atoms with Crippen LogP contribution in [0.3, 0.4) is 0 Å². The fourth-order valence-electron chi connectivity index (χ4n) is 3.32. The predicted octanol–water partition coefficient (Wildman–Crippen LogP) is 1.48. The normalized spacial score (nSPS) is 17.7. The van der Waals surface area contributed by atoms with E-state index in [1.807, 2.05) is 0 Å². The molecule has 1 saturated heterocycles. The summed E-state index contributed by atoms with van der Waals surface area (Å²) in [6, 6.07) is 10.8. The number of urea groups is 1. The smallest absolute Gasteiger partial charge is 0.319 e. The molecule has 0 bridgehead atoms. The maximum absolute atomic E-state index is 12.4. The van der Waals surface area contributed by atoms with E-state index in [1.165, 1.54) is 12.1 Å². The number of fused-ring (bicyclic) bond motifs is 1. The molecule has 0 aromatic heterocycles. The van der Waals surface area contributed by atoms with Crippen molar-refractivity contribution in [3.8, 4) is 11.5 Å². The van der Waals surface area contributed by atoms with Crippen LogP contribution in [0.25, 0.3) is 0 Å². The number of nitrogens with zero attached hydrogens (tertiary/aromatic N) is 1. The average Bonchev–Trinajstić information content (AvgIpc) is 3.07. The molecule has 4 amide bonds. The van der Waals surface area contributed by atoms with Gasteiger partial charge in [0, 0.05) is 36.0 Å². The summed E-state index contributed by atoms with van der Waals surface area (Å²) in [7, 11) is 0. The number of nitrogens with two attached hydrogens (primary N) is 1. The van der Waals surface area contributed by atoms with Gasteiger partial charge in [0.15, 0.2) is 11.5 Å². The van der Waals surface area contributed by atoms with Gasteiger partial charge in [0.2, 0.25) is 11.8 Å². The van der Waals surface area contributed by atoms with Crippen LogP contribution in [0.2, 0.25) is 0 Å². The highest BCUT2D eigenvalue weighted by Gasteiger charge is 2.32. The highest BCUT2D eigenvalue weighted by Crippen LogP contribution is 2.35. The third kappa shape index (κ3) is 4.08. The first-order chi connectivity index (χ1) is 14.0. The minimum absolute atomic E-state index is 0.0854. The minimum atomic E-state index is -0.537. The van der Waals surface area contributed by atoms with Crippen molar-refractivity contribution in [2.24, 2.45) is 5.73 Å². The second-order valence-electron chi connectivity index (χ2n) is 6.77. The zero-order chi connectivity index (χ0) is 20.4. The fourth-order valence-corrected chi connectivity index (χ4v) is 3.32. The summed E-state index contributed by atoms with van der Waals surface area (Å²) in [4.78, 5) is 37.4. The van der Waals surface area contributed by atoms with Crippen LogP contribution in [-0.4, -0.2) is 43.6 Å². The zero-order valence-electron chi connectivity index (χ0n) is 15.5. The molecule has 4 rings (SSSR count). The van der Waals surface area contributed by atoms with Crippen LogP contribution < -0.4 is 30.7 Å². The number of amides is 4. The largest absolute Gasteiger partial charge is 0.486 e. The van der Waals surface area contributed by atoms with Crippen molar-refractivity contribution in [1.29, 1.82) is 0 Å². The number of benzene rings is 2. The van der Waals surface area contributed by atoms with E-state index in [4.69, 9.17) is 15.2 Å². The molecule has 4 N–H and O–H groups in total. The molecule has 2 aromatic carbocycles. The summed E-state index contributed by atoms with van der Waals surface area (Å²) < 4.78 is 11.1. The second-order valence-corrected chi connectivity index (χ2v) is 6.77. The Balaban J connectivity index is 1.36. The summed E-state index contributed by atoms with van der Waals surface area (Å²) >= 11 is 0. The first-order valence-electron chi connectivity index (χ1n) is 9.17. The maximum atomic E-state index is 12.4.